The third kappa shape index (κ3) is 3.69. The molecule has 1 aliphatic heterocycles. The van der Waals surface area contributed by atoms with Crippen LogP contribution in [-0.4, -0.2) is 15.2 Å². The van der Waals surface area contributed by atoms with E-state index in [0.29, 0.717) is 11.4 Å². The SMILES string of the molecule is CC(C)(C)S(=O)N=C[C@@]1(c2ccccc2)Cc2c(ccc(Cl)c2Br)O1. The zero-order valence-corrected chi connectivity index (χ0v) is 17.4. The number of hydrogen-bond donors (Lipinski definition) is 0. The molecular weight excluding hydrogens is 422 g/mol. The number of benzene rings is 2. The highest BCUT2D eigenvalue weighted by Crippen LogP contribution is 2.45. The third-order valence-corrected chi connectivity index (χ3v) is 6.82. The van der Waals surface area contributed by atoms with E-state index in [1.807, 2.05) is 57.2 Å². The molecule has 2 aromatic rings. The lowest BCUT2D eigenvalue weighted by molar-refractivity contribution is 0.177. The molecule has 0 amide bonds. The van der Waals surface area contributed by atoms with Gasteiger partial charge in [0, 0.05) is 22.0 Å². The summed E-state index contributed by atoms with van der Waals surface area (Å²) in [6.07, 6.45) is 2.25. The molecule has 0 saturated heterocycles. The lowest BCUT2D eigenvalue weighted by Gasteiger charge is -2.25. The van der Waals surface area contributed by atoms with Crippen molar-refractivity contribution in [3.63, 3.8) is 0 Å². The molecule has 0 fully saturated rings. The molecule has 2 aromatic carbocycles. The molecule has 0 bridgehead atoms. The minimum atomic E-state index is -1.36. The highest BCUT2D eigenvalue weighted by molar-refractivity contribution is 9.10. The van der Waals surface area contributed by atoms with E-state index in [0.717, 1.165) is 21.3 Å². The monoisotopic (exact) mass is 439 g/mol. The summed E-state index contributed by atoms with van der Waals surface area (Å²) in [4.78, 5) is 0. The molecule has 25 heavy (non-hydrogen) atoms. The Labute approximate surface area is 164 Å². The predicted octanol–water partition coefficient (Wildman–Crippen LogP) is 5.47. The van der Waals surface area contributed by atoms with E-state index in [1.54, 1.807) is 12.3 Å². The van der Waals surface area contributed by atoms with Crippen LogP contribution in [0.3, 0.4) is 0 Å². The lowest BCUT2D eigenvalue weighted by atomic mass is 9.90. The first kappa shape index (κ1) is 18.6. The van der Waals surface area contributed by atoms with E-state index in [1.165, 1.54) is 0 Å². The predicted molar refractivity (Wildman–Crippen MR) is 108 cm³/mol. The van der Waals surface area contributed by atoms with Crippen LogP contribution in [0.1, 0.15) is 31.9 Å². The van der Waals surface area contributed by atoms with Gasteiger partial charge >= 0.3 is 0 Å². The van der Waals surface area contributed by atoms with Crippen LogP contribution in [0, 0.1) is 0 Å². The highest BCUT2D eigenvalue weighted by Gasteiger charge is 2.41. The molecule has 0 aliphatic carbocycles. The second kappa shape index (κ2) is 6.86. The van der Waals surface area contributed by atoms with Crippen LogP contribution in [0.25, 0.3) is 0 Å². The second-order valence-electron chi connectivity index (χ2n) is 6.97. The van der Waals surface area contributed by atoms with E-state index in [4.69, 9.17) is 16.3 Å². The van der Waals surface area contributed by atoms with Gasteiger partial charge in [-0.15, -0.1) is 0 Å². The van der Waals surface area contributed by atoms with Crippen LogP contribution in [0.4, 0.5) is 0 Å². The Balaban J connectivity index is 2.06. The Hall–Kier alpha value is -1.17. The van der Waals surface area contributed by atoms with Gasteiger partial charge in [0.2, 0.25) is 0 Å². The molecule has 3 rings (SSSR count). The van der Waals surface area contributed by atoms with Crippen LogP contribution in [-0.2, 0) is 23.0 Å². The van der Waals surface area contributed by atoms with Gasteiger partial charge in [0.05, 0.1) is 16.0 Å². The quantitative estimate of drug-likeness (QED) is 0.594. The van der Waals surface area contributed by atoms with E-state index >= 15 is 0 Å². The van der Waals surface area contributed by atoms with Crippen molar-refractivity contribution in [1.82, 2.24) is 0 Å². The largest absolute Gasteiger partial charge is 0.476 e. The van der Waals surface area contributed by atoms with Crippen molar-refractivity contribution in [2.24, 2.45) is 4.40 Å². The summed E-state index contributed by atoms with van der Waals surface area (Å²) in [5, 5.41) is 0.640. The summed E-state index contributed by atoms with van der Waals surface area (Å²) in [6, 6.07) is 13.5. The van der Waals surface area contributed by atoms with E-state index < -0.39 is 21.3 Å². The van der Waals surface area contributed by atoms with E-state index in [2.05, 4.69) is 20.3 Å². The van der Waals surface area contributed by atoms with Gasteiger partial charge in [-0.3, -0.25) is 0 Å². The summed E-state index contributed by atoms with van der Waals surface area (Å²) in [5.74, 6) is 0.758. The first-order valence-corrected chi connectivity index (χ1v) is 10.2. The van der Waals surface area contributed by atoms with E-state index in [9.17, 15) is 4.21 Å². The lowest BCUT2D eigenvalue weighted by Crippen LogP contribution is -2.34. The highest BCUT2D eigenvalue weighted by atomic mass is 79.9. The summed E-state index contributed by atoms with van der Waals surface area (Å²) < 4.78 is 23.5. The Morgan fingerprint density at radius 2 is 1.92 bits per heavy atom. The summed E-state index contributed by atoms with van der Waals surface area (Å²) in [7, 11) is -1.36. The van der Waals surface area contributed by atoms with Gasteiger partial charge in [0.1, 0.15) is 16.7 Å². The number of hydrogen-bond acceptors (Lipinski definition) is 2. The maximum absolute atomic E-state index is 12.4. The van der Waals surface area contributed by atoms with Gasteiger partial charge < -0.3 is 4.74 Å². The molecule has 0 saturated carbocycles. The average molecular weight is 441 g/mol. The molecule has 0 aromatic heterocycles. The molecule has 132 valence electrons. The molecule has 1 heterocycles. The fourth-order valence-electron chi connectivity index (χ4n) is 2.65. The van der Waals surface area contributed by atoms with Crippen molar-refractivity contribution in [1.29, 1.82) is 0 Å². The van der Waals surface area contributed by atoms with Crippen LogP contribution in [0.15, 0.2) is 51.3 Å². The molecule has 0 N–H and O–H groups in total. The van der Waals surface area contributed by atoms with Crippen molar-refractivity contribution in [2.75, 3.05) is 0 Å². The molecule has 1 aliphatic rings. The number of nitrogens with zero attached hydrogens (tertiary/aromatic N) is 1. The van der Waals surface area contributed by atoms with Crippen LogP contribution in [0.5, 0.6) is 5.75 Å². The topological polar surface area (TPSA) is 38.7 Å². The van der Waals surface area contributed by atoms with Crippen molar-refractivity contribution in [3.05, 3.63) is 63.1 Å². The van der Waals surface area contributed by atoms with Crippen molar-refractivity contribution in [3.8, 4) is 5.75 Å². The molecule has 1 unspecified atom stereocenters. The maximum Gasteiger partial charge on any atom is 0.174 e. The Morgan fingerprint density at radius 3 is 2.56 bits per heavy atom. The van der Waals surface area contributed by atoms with Crippen LogP contribution >= 0.6 is 27.5 Å². The minimum absolute atomic E-state index is 0.427. The van der Waals surface area contributed by atoms with Crippen LogP contribution in [0.2, 0.25) is 5.02 Å². The fourth-order valence-corrected chi connectivity index (χ4v) is 3.88. The van der Waals surface area contributed by atoms with Crippen molar-refractivity contribution >= 4 is 44.7 Å². The molecular formula is C19H19BrClNO2S. The van der Waals surface area contributed by atoms with Gasteiger partial charge in [0.15, 0.2) is 5.60 Å². The molecule has 3 nitrogen and oxygen atoms in total. The second-order valence-corrected chi connectivity index (χ2v) is 10.1. The zero-order chi connectivity index (χ0) is 18.2. The Kier molecular flexibility index (Phi) is 5.11. The van der Waals surface area contributed by atoms with Gasteiger partial charge in [-0.2, -0.15) is 4.40 Å². The normalized spacial score (nSPS) is 21.2. The fraction of sp³-hybridized carbons (Fsp3) is 0.316. The zero-order valence-electron chi connectivity index (χ0n) is 14.3. The molecule has 0 radical (unpaired) electrons. The van der Waals surface area contributed by atoms with Crippen molar-refractivity contribution in [2.45, 2.75) is 37.5 Å². The van der Waals surface area contributed by atoms with E-state index in [-0.39, 0.29) is 0 Å². The van der Waals surface area contributed by atoms with Gasteiger partial charge in [-0.25, -0.2) is 4.21 Å². The smallest absolute Gasteiger partial charge is 0.174 e. The summed E-state index contributed by atoms with van der Waals surface area (Å²) in [5.41, 5.74) is 1.16. The minimum Gasteiger partial charge on any atom is -0.476 e. The number of fused-ring (bicyclic) bond motifs is 1. The molecule has 0 spiro atoms. The molecule has 2 atom stereocenters. The number of halogens is 2. The Morgan fingerprint density at radius 1 is 1.24 bits per heavy atom. The molecule has 6 heteroatoms. The summed E-state index contributed by atoms with van der Waals surface area (Å²) >= 11 is 9.78. The standard InChI is InChI=1S/C19H19BrClNO2S/c1-18(2,3)25(23)22-12-19(13-7-5-4-6-8-13)11-14-16(24-19)10-9-15(21)17(14)20/h4-10,12H,11H2,1-3H3/t19-,25?/m1/s1. The third-order valence-electron chi connectivity index (χ3n) is 4.03. The van der Waals surface area contributed by atoms with Crippen LogP contribution < -0.4 is 4.74 Å². The van der Waals surface area contributed by atoms with Gasteiger partial charge in [-0.05, 0) is 48.8 Å². The number of ether oxygens (including phenoxy) is 1. The average Bonchev–Trinajstić information content (AvgIpc) is 2.97. The summed E-state index contributed by atoms with van der Waals surface area (Å²) in [6.45, 7) is 5.70. The maximum atomic E-state index is 12.4. The van der Waals surface area contributed by atoms with Crippen molar-refractivity contribution < 1.29 is 8.95 Å². The number of rotatable bonds is 3. The van der Waals surface area contributed by atoms with Gasteiger partial charge in [0.25, 0.3) is 0 Å². The first-order valence-electron chi connectivity index (χ1n) is 7.91. The first-order chi connectivity index (χ1) is 11.7. The van der Waals surface area contributed by atoms with Gasteiger partial charge in [-0.1, -0.05) is 41.9 Å². The Bertz CT molecular complexity index is 848.